The molecule has 11 nitrogen and oxygen atoms in total. The number of methoxy groups -OCH3 is 1. The second-order valence-corrected chi connectivity index (χ2v) is 10.6. The highest BCUT2D eigenvalue weighted by Gasteiger charge is 2.30. The third-order valence-corrected chi connectivity index (χ3v) is 7.99. The van der Waals surface area contributed by atoms with Gasteiger partial charge in [0.15, 0.2) is 5.65 Å². The van der Waals surface area contributed by atoms with Crippen LogP contribution in [0.25, 0.3) is 22.4 Å². The summed E-state index contributed by atoms with van der Waals surface area (Å²) in [4.78, 5) is 46.7. The van der Waals surface area contributed by atoms with Gasteiger partial charge in [-0.05, 0) is 31.7 Å². The largest absolute Gasteiger partial charge is 0.494 e. The average molecular weight is 567 g/mol. The van der Waals surface area contributed by atoms with Crippen molar-refractivity contribution >= 4 is 34.4 Å². The SMILES string of the molecule is C=CC(=O)N1CC[C@H](n2c(=O)c(-c3ccccc3)nc3cnc(Nc4ccc(N5CCN(C)CC5)cc4OC)nc32)C1. The number of piperazine rings is 1. The van der Waals surface area contributed by atoms with E-state index in [2.05, 4.69) is 44.8 Å². The molecule has 0 saturated carbocycles. The van der Waals surface area contributed by atoms with Crippen molar-refractivity contribution in [1.82, 2.24) is 29.3 Å². The molecule has 0 unspecified atom stereocenters. The lowest BCUT2D eigenvalue weighted by Crippen LogP contribution is -2.44. The van der Waals surface area contributed by atoms with E-state index >= 15 is 0 Å². The minimum absolute atomic E-state index is 0.156. The number of benzene rings is 2. The van der Waals surface area contributed by atoms with Crippen LogP contribution >= 0.6 is 0 Å². The molecule has 0 spiro atoms. The zero-order chi connectivity index (χ0) is 29.2. The number of aromatic nitrogens is 4. The van der Waals surface area contributed by atoms with Gasteiger partial charge in [-0.3, -0.25) is 14.2 Å². The van der Waals surface area contributed by atoms with Crippen molar-refractivity contribution < 1.29 is 9.53 Å². The first-order valence-corrected chi connectivity index (χ1v) is 14.1. The maximum Gasteiger partial charge on any atom is 0.279 e. The summed E-state index contributed by atoms with van der Waals surface area (Å²) in [5, 5.41) is 3.28. The van der Waals surface area contributed by atoms with Gasteiger partial charge in [-0.15, -0.1) is 0 Å². The van der Waals surface area contributed by atoms with Crippen LogP contribution in [0.1, 0.15) is 12.5 Å². The molecule has 0 radical (unpaired) electrons. The average Bonchev–Trinajstić information content (AvgIpc) is 3.51. The number of carbonyl (C=O) groups excluding carboxylic acids is 1. The summed E-state index contributed by atoms with van der Waals surface area (Å²) in [6, 6.07) is 15.1. The van der Waals surface area contributed by atoms with Gasteiger partial charge in [0.05, 0.1) is 25.0 Å². The number of hydrogen-bond donors (Lipinski definition) is 1. The summed E-state index contributed by atoms with van der Waals surface area (Å²) in [7, 11) is 3.77. The Morgan fingerprint density at radius 1 is 1.07 bits per heavy atom. The van der Waals surface area contributed by atoms with Crippen LogP contribution in [0.3, 0.4) is 0 Å². The van der Waals surface area contributed by atoms with Gasteiger partial charge in [-0.2, -0.15) is 4.98 Å². The van der Waals surface area contributed by atoms with Crippen LogP contribution in [-0.4, -0.2) is 88.7 Å². The molecule has 2 fully saturated rings. The van der Waals surface area contributed by atoms with Crippen molar-refractivity contribution in [2.45, 2.75) is 12.5 Å². The van der Waals surface area contributed by atoms with Crippen LogP contribution in [0.5, 0.6) is 5.75 Å². The number of nitrogens with one attached hydrogen (secondary N) is 1. The molecule has 2 saturated heterocycles. The van der Waals surface area contributed by atoms with Crippen molar-refractivity contribution in [2.24, 2.45) is 0 Å². The maximum absolute atomic E-state index is 14.0. The molecule has 42 heavy (non-hydrogen) atoms. The van der Waals surface area contributed by atoms with E-state index in [4.69, 9.17) is 9.72 Å². The molecule has 1 N–H and O–H groups in total. The number of nitrogens with zero attached hydrogens (tertiary/aromatic N) is 7. The maximum atomic E-state index is 14.0. The predicted molar refractivity (Wildman–Crippen MR) is 163 cm³/mol. The molecule has 2 aliphatic rings. The van der Waals surface area contributed by atoms with E-state index in [9.17, 15) is 9.59 Å². The Balaban J connectivity index is 1.38. The fraction of sp³-hybridized carbons (Fsp3) is 0.323. The fourth-order valence-electron chi connectivity index (χ4n) is 5.63. The first kappa shape index (κ1) is 27.4. The molecule has 1 amide bonds. The molecule has 216 valence electrons. The Labute approximate surface area is 244 Å². The van der Waals surface area contributed by atoms with E-state index in [0.717, 1.165) is 31.9 Å². The van der Waals surface area contributed by atoms with Gasteiger partial charge in [0.25, 0.3) is 5.56 Å². The zero-order valence-electron chi connectivity index (χ0n) is 23.9. The number of likely N-dealkylation sites (tertiary alicyclic amines) is 1. The summed E-state index contributed by atoms with van der Waals surface area (Å²) < 4.78 is 7.39. The van der Waals surface area contributed by atoms with Crippen LogP contribution in [0, 0.1) is 0 Å². The second kappa shape index (κ2) is 11.6. The molecule has 4 heterocycles. The van der Waals surface area contributed by atoms with Crippen molar-refractivity contribution in [3.8, 4) is 17.0 Å². The van der Waals surface area contributed by atoms with Gasteiger partial charge in [-0.1, -0.05) is 36.9 Å². The minimum Gasteiger partial charge on any atom is -0.494 e. The highest BCUT2D eigenvalue weighted by molar-refractivity contribution is 5.87. The molecular weight excluding hydrogens is 532 g/mol. The number of rotatable bonds is 7. The smallest absolute Gasteiger partial charge is 0.279 e. The van der Waals surface area contributed by atoms with E-state index in [-0.39, 0.29) is 17.5 Å². The molecule has 0 bridgehead atoms. The first-order chi connectivity index (χ1) is 20.4. The van der Waals surface area contributed by atoms with Gasteiger partial charge < -0.3 is 24.8 Å². The number of ether oxygens (including phenoxy) is 1. The monoisotopic (exact) mass is 566 g/mol. The van der Waals surface area contributed by atoms with Gasteiger partial charge >= 0.3 is 0 Å². The van der Waals surface area contributed by atoms with E-state index in [1.807, 2.05) is 42.5 Å². The van der Waals surface area contributed by atoms with Crippen LogP contribution < -0.4 is 20.5 Å². The van der Waals surface area contributed by atoms with Crippen LogP contribution in [0.15, 0.2) is 72.2 Å². The van der Waals surface area contributed by atoms with Crippen molar-refractivity contribution in [2.75, 3.05) is 63.6 Å². The van der Waals surface area contributed by atoms with Gasteiger partial charge in [-0.25, -0.2) is 9.97 Å². The van der Waals surface area contributed by atoms with Crippen molar-refractivity contribution in [1.29, 1.82) is 0 Å². The molecular formula is C31H34N8O3. The van der Waals surface area contributed by atoms with Crippen molar-refractivity contribution in [3.05, 3.63) is 77.7 Å². The standard InChI is InChI=1S/C31H34N8O3/c1-4-27(40)38-13-12-23(20-38)39-29-25(33-28(30(39)41)21-8-6-5-7-9-21)19-32-31(35-29)34-24-11-10-22(18-26(24)42-3)37-16-14-36(2)15-17-37/h4-11,18-19,23H,1,12-17,20H2,2-3H3,(H,32,34,35)/t23-/m0/s1. The van der Waals surface area contributed by atoms with E-state index in [1.165, 1.54) is 6.08 Å². The summed E-state index contributed by atoms with van der Waals surface area (Å²) in [5.41, 5.74) is 3.47. The number of likely N-dealkylation sites (N-methyl/N-ethyl adjacent to an activating group) is 1. The molecule has 2 aromatic carbocycles. The molecule has 0 aliphatic carbocycles. The van der Waals surface area contributed by atoms with E-state index < -0.39 is 0 Å². The molecule has 11 heteroatoms. The van der Waals surface area contributed by atoms with Gasteiger partial charge in [0.1, 0.15) is 17.0 Å². The van der Waals surface area contributed by atoms with Gasteiger partial charge in [0, 0.05) is 56.6 Å². The Morgan fingerprint density at radius 3 is 2.60 bits per heavy atom. The Hall–Kier alpha value is -4.77. The Kier molecular flexibility index (Phi) is 7.58. The second-order valence-electron chi connectivity index (χ2n) is 10.6. The number of amides is 1. The fourth-order valence-corrected chi connectivity index (χ4v) is 5.63. The third-order valence-electron chi connectivity index (χ3n) is 7.99. The highest BCUT2D eigenvalue weighted by Crippen LogP contribution is 2.32. The number of anilines is 3. The summed E-state index contributed by atoms with van der Waals surface area (Å²) in [5.74, 6) is 0.823. The first-order valence-electron chi connectivity index (χ1n) is 14.1. The number of carbonyl (C=O) groups is 1. The number of hydrogen-bond acceptors (Lipinski definition) is 9. The van der Waals surface area contributed by atoms with E-state index in [1.54, 1.807) is 22.8 Å². The topological polar surface area (TPSA) is 109 Å². The predicted octanol–water partition coefficient (Wildman–Crippen LogP) is 3.32. The van der Waals surface area contributed by atoms with E-state index in [0.29, 0.717) is 59.3 Å². The molecule has 2 aliphatic heterocycles. The lowest BCUT2D eigenvalue weighted by molar-refractivity contribution is -0.125. The summed E-state index contributed by atoms with van der Waals surface area (Å²) in [6.07, 6.45) is 3.54. The lowest BCUT2D eigenvalue weighted by atomic mass is 10.1. The lowest BCUT2D eigenvalue weighted by Gasteiger charge is -2.34. The number of fused-ring (bicyclic) bond motifs is 1. The normalized spacial score (nSPS) is 17.4. The zero-order valence-corrected chi connectivity index (χ0v) is 23.9. The van der Waals surface area contributed by atoms with Crippen LogP contribution in [-0.2, 0) is 4.79 Å². The van der Waals surface area contributed by atoms with Crippen molar-refractivity contribution in [3.63, 3.8) is 0 Å². The Morgan fingerprint density at radius 2 is 1.86 bits per heavy atom. The Bertz CT molecular complexity index is 1680. The third kappa shape index (κ3) is 5.30. The molecule has 4 aromatic rings. The minimum atomic E-state index is -0.269. The molecule has 1 atom stereocenters. The summed E-state index contributed by atoms with van der Waals surface area (Å²) in [6.45, 7) is 8.44. The highest BCUT2D eigenvalue weighted by atomic mass is 16.5. The van der Waals surface area contributed by atoms with Crippen LogP contribution in [0.4, 0.5) is 17.3 Å². The van der Waals surface area contributed by atoms with Gasteiger partial charge in [0.2, 0.25) is 11.9 Å². The summed E-state index contributed by atoms with van der Waals surface area (Å²) >= 11 is 0. The molecule has 2 aromatic heterocycles. The van der Waals surface area contributed by atoms with Crippen LogP contribution in [0.2, 0.25) is 0 Å². The molecule has 6 rings (SSSR count). The quantitative estimate of drug-likeness (QED) is 0.337.